The van der Waals surface area contributed by atoms with E-state index in [0.29, 0.717) is 12.8 Å². The van der Waals surface area contributed by atoms with E-state index in [9.17, 15) is 19.2 Å². The number of carboxylic acids is 1. The van der Waals surface area contributed by atoms with Crippen molar-refractivity contribution in [1.82, 2.24) is 16.0 Å². The van der Waals surface area contributed by atoms with Gasteiger partial charge in [-0.15, -0.1) is 0 Å². The minimum atomic E-state index is -1.18. The van der Waals surface area contributed by atoms with Gasteiger partial charge in [0.15, 0.2) is 0 Å². The van der Waals surface area contributed by atoms with Gasteiger partial charge in [0.25, 0.3) is 0 Å². The number of amides is 3. The molecule has 0 saturated heterocycles. The number of aliphatic carboxylic acids is 1. The number of hydrogen-bond acceptors (Lipinski definition) is 5. The predicted molar refractivity (Wildman–Crippen MR) is 137 cm³/mol. The van der Waals surface area contributed by atoms with Crippen LogP contribution in [0.4, 0.5) is 0 Å². The van der Waals surface area contributed by atoms with Crippen molar-refractivity contribution >= 4 is 23.7 Å². The van der Waals surface area contributed by atoms with Crippen LogP contribution in [-0.4, -0.2) is 53.0 Å². The highest BCUT2D eigenvalue weighted by molar-refractivity contribution is 5.94. The van der Waals surface area contributed by atoms with Gasteiger partial charge < -0.3 is 26.8 Å². The maximum atomic E-state index is 13.4. The number of carbonyl (C=O) groups is 4. The zero-order valence-electron chi connectivity index (χ0n) is 20.9. The summed E-state index contributed by atoms with van der Waals surface area (Å²) < 4.78 is 0. The van der Waals surface area contributed by atoms with E-state index >= 15 is 0 Å². The van der Waals surface area contributed by atoms with Crippen LogP contribution in [0.3, 0.4) is 0 Å². The fraction of sp³-hybridized carbons (Fsp3) is 0.407. The molecule has 0 spiro atoms. The highest BCUT2D eigenvalue weighted by Gasteiger charge is 2.32. The molecule has 0 unspecified atom stereocenters. The first-order valence-electron chi connectivity index (χ1n) is 12.1. The van der Waals surface area contributed by atoms with Crippen LogP contribution < -0.4 is 21.7 Å². The molecule has 2 aromatic carbocycles. The third-order valence-electron chi connectivity index (χ3n) is 6.07. The molecule has 2 aromatic rings. The van der Waals surface area contributed by atoms with Crippen molar-refractivity contribution in [2.45, 2.75) is 64.2 Å². The zero-order valence-corrected chi connectivity index (χ0v) is 20.9. The SMILES string of the molecule is CC[C@H](C)[C@H](NC(=O)[C@H](Cc1ccccc1)NC(=O)[C@@H](N)Cc1ccccc1)C(=O)N[C@@H](C)C(=O)O. The van der Waals surface area contributed by atoms with Gasteiger partial charge in [0, 0.05) is 6.42 Å². The zero-order chi connectivity index (χ0) is 26.7. The van der Waals surface area contributed by atoms with E-state index in [-0.39, 0.29) is 12.3 Å². The van der Waals surface area contributed by atoms with Crippen LogP contribution in [-0.2, 0) is 32.0 Å². The number of nitrogens with one attached hydrogen (secondary N) is 3. The van der Waals surface area contributed by atoms with Crippen LogP contribution in [0.15, 0.2) is 60.7 Å². The first-order chi connectivity index (χ1) is 17.1. The Kier molecular flexibility index (Phi) is 11.1. The van der Waals surface area contributed by atoms with Gasteiger partial charge in [-0.2, -0.15) is 0 Å². The lowest BCUT2D eigenvalue weighted by Crippen LogP contribution is -2.59. The molecule has 0 heterocycles. The summed E-state index contributed by atoms with van der Waals surface area (Å²) >= 11 is 0. The molecule has 0 saturated carbocycles. The van der Waals surface area contributed by atoms with Gasteiger partial charge in [0.05, 0.1) is 6.04 Å². The second-order valence-corrected chi connectivity index (χ2v) is 8.99. The van der Waals surface area contributed by atoms with Crippen LogP contribution in [0.2, 0.25) is 0 Å². The van der Waals surface area contributed by atoms with Crippen molar-refractivity contribution in [3.63, 3.8) is 0 Å². The first-order valence-corrected chi connectivity index (χ1v) is 12.1. The third-order valence-corrected chi connectivity index (χ3v) is 6.07. The molecule has 9 heteroatoms. The predicted octanol–water partition coefficient (Wildman–Crippen LogP) is 1.40. The van der Waals surface area contributed by atoms with Crippen LogP contribution >= 0.6 is 0 Å². The highest BCUT2D eigenvalue weighted by Crippen LogP contribution is 2.11. The van der Waals surface area contributed by atoms with E-state index in [0.717, 1.165) is 11.1 Å². The minimum Gasteiger partial charge on any atom is -0.480 e. The largest absolute Gasteiger partial charge is 0.480 e. The Morgan fingerprint density at radius 3 is 1.81 bits per heavy atom. The fourth-order valence-electron chi connectivity index (χ4n) is 3.62. The lowest BCUT2D eigenvalue weighted by atomic mass is 9.96. The third kappa shape index (κ3) is 8.81. The molecular weight excluding hydrogens is 460 g/mol. The molecule has 194 valence electrons. The van der Waals surface area contributed by atoms with Crippen molar-refractivity contribution < 1.29 is 24.3 Å². The van der Waals surface area contributed by atoms with Gasteiger partial charge in [-0.25, -0.2) is 0 Å². The Labute approximate surface area is 211 Å². The van der Waals surface area contributed by atoms with Crippen LogP contribution in [0, 0.1) is 5.92 Å². The smallest absolute Gasteiger partial charge is 0.325 e. The molecule has 0 aliphatic heterocycles. The first kappa shape index (κ1) is 28.5. The number of carboxylic acid groups (broad SMARTS) is 1. The summed E-state index contributed by atoms with van der Waals surface area (Å²) in [5, 5.41) is 17.0. The summed E-state index contributed by atoms with van der Waals surface area (Å²) in [5.74, 6) is -3.10. The van der Waals surface area contributed by atoms with E-state index in [2.05, 4.69) is 16.0 Å². The van der Waals surface area contributed by atoms with Crippen LogP contribution in [0.5, 0.6) is 0 Å². The number of carbonyl (C=O) groups excluding carboxylic acids is 3. The van der Waals surface area contributed by atoms with Crippen molar-refractivity contribution in [3.8, 4) is 0 Å². The molecule has 5 atom stereocenters. The average molecular weight is 497 g/mol. The minimum absolute atomic E-state index is 0.191. The number of benzene rings is 2. The Morgan fingerprint density at radius 2 is 1.31 bits per heavy atom. The lowest BCUT2D eigenvalue weighted by molar-refractivity contribution is -0.142. The second-order valence-electron chi connectivity index (χ2n) is 8.99. The van der Waals surface area contributed by atoms with E-state index in [1.807, 2.05) is 67.6 Å². The Balaban J connectivity index is 2.20. The van der Waals surface area contributed by atoms with E-state index in [1.54, 1.807) is 6.92 Å². The molecular formula is C27H36N4O5. The summed E-state index contributed by atoms with van der Waals surface area (Å²) in [6, 6.07) is 14.6. The summed E-state index contributed by atoms with van der Waals surface area (Å²) in [7, 11) is 0. The summed E-state index contributed by atoms with van der Waals surface area (Å²) in [5.41, 5.74) is 7.84. The maximum Gasteiger partial charge on any atom is 0.325 e. The van der Waals surface area contributed by atoms with Crippen molar-refractivity contribution in [2.24, 2.45) is 11.7 Å². The van der Waals surface area contributed by atoms with Gasteiger partial charge in [-0.05, 0) is 30.4 Å². The van der Waals surface area contributed by atoms with Crippen LogP contribution in [0.25, 0.3) is 0 Å². The molecule has 0 aliphatic carbocycles. The summed E-state index contributed by atoms with van der Waals surface area (Å²) in [6.45, 7) is 5.00. The van der Waals surface area contributed by atoms with Gasteiger partial charge >= 0.3 is 5.97 Å². The van der Waals surface area contributed by atoms with Gasteiger partial charge in [0.2, 0.25) is 17.7 Å². The topological polar surface area (TPSA) is 151 Å². The van der Waals surface area contributed by atoms with Crippen LogP contribution in [0.1, 0.15) is 38.3 Å². The molecule has 0 bridgehead atoms. The Bertz CT molecular complexity index is 1020. The standard InChI is InChI=1S/C27H36N4O5/c1-4-17(2)23(26(34)29-18(3)27(35)36)31-25(33)22(16-20-13-9-6-10-14-20)30-24(32)21(28)15-19-11-7-5-8-12-19/h5-14,17-18,21-23H,4,15-16,28H2,1-3H3,(H,29,34)(H,30,32)(H,31,33)(H,35,36)/t17-,18-,21-,22-,23-/m0/s1. The number of rotatable bonds is 13. The number of nitrogens with two attached hydrogens (primary N) is 1. The molecule has 0 radical (unpaired) electrons. The molecule has 0 fully saturated rings. The summed E-state index contributed by atoms with van der Waals surface area (Å²) in [4.78, 5) is 50.3. The van der Waals surface area contributed by atoms with Gasteiger partial charge in [-0.3, -0.25) is 19.2 Å². The molecule has 36 heavy (non-hydrogen) atoms. The van der Waals surface area contributed by atoms with Gasteiger partial charge in [-0.1, -0.05) is 80.9 Å². The average Bonchev–Trinajstić information content (AvgIpc) is 2.87. The van der Waals surface area contributed by atoms with Crippen molar-refractivity contribution in [1.29, 1.82) is 0 Å². The van der Waals surface area contributed by atoms with Crippen molar-refractivity contribution in [3.05, 3.63) is 71.8 Å². The van der Waals surface area contributed by atoms with Crippen molar-refractivity contribution in [2.75, 3.05) is 0 Å². The molecule has 0 aromatic heterocycles. The van der Waals surface area contributed by atoms with E-state index in [4.69, 9.17) is 10.8 Å². The van der Waals surface area contributed by atoms with Gasteiger partial charge in [0.1, 0.15) is 18.1 Å². The molecule has 0 aliphatic rings. The lowest BCUT2D eigenvalue weighted by Gasteiger charge is -2.27. The van der Waals surface area contributed by atoms with E-state index in [1.165, 1.54) is 6.92 Å². The Hall–Kier alpha value is -3.72. The molecule has 9 nitrogen and oxygen atoms in total. The Morgan fingerprint density at radius 1 is 0.778 bits per heavy atom. The normalized spacial score (nSPS) is 15.0. The fourth-order valence-corrected chi connectivity index (χ4v) is 3.62. The van der Waals surface area contributed by atoms with E-state index < -0.39 is 47.9 Å². The molecule has 2 rings (SSSR count). The quantitative estimate of drug-likeness (QED) is 0.283. The summed E-state index contributed by atoms with van der Waals surface area (Å²) in [6.07, 6.45) is 1.06. The second kappa shape index (κ2) is 14.0. The maximum absolute atomic E-state index is 13.4. The monoisotopic (exact) mass is 496 g/mol. The molecule has 3 amide bonds. The molecule has 6 N–H and O–H groups in total. The highest BCUT2D eigenvalue weighted by atomic mass is 16.4. The number of hydrogen-bond donors (Lipinski definition) is 5.